The molecular weight excluding hydrogens is 421 g/mol. The summed E-state index contributed by atoms with van der Waals surface area (Å²) >= 11 is 1.12. The van der Waals surface area contributed by atoms with Gasteiger partial charge in [-0.3, -0.25) is 4.90 Å². The number of rotatable bonds is 4. The minimum atomic E-state index is -4.21. The second kappa shape index (κ2) is 7.74. The molecule has 2 fully saturated rings. The second-order valence-electron chi connectivity index (χ2n) is 9.04. The SMILES string of the molecule is Cc1ccc(CN2CC[C@]3(CCN(c4ncnc5sc(CC(F)(F)F)cc45)C3)C2)cc1. The zero-order valence-electron chi connectivity index (χ0n) is 17.5. The smallest absolute Gasteiger partial charge is 0.355 e. The summed E-state index contributed by atoms with van der Waals surface area (Å²) in [6.07, 6.45) is -1.41. The van der Waals surface area contributed by atoms with Crippen molar-refractivity contribution in [3.63, 3.8) is 0 Å². The number of fused-ring (bicyclic) bond motifs is 1. The molecule has 4 heterocycles. The zero-order valence-corrected chi connectivity index (χ0v) is 18.3. The van der Waals surface area contributed by atoms with Crippen molar-refractivity contribution in [2.45, 2.75) is 38.9 Å². The van der Waals surface area contributed by atoms with Crippen LogP contribution in [0.15, 0.2) is 36.7 Å². The van der Waals surface area contributed by atoms with Gasteiger partial charge in [-0.05, 0) is 37.9 Å². The van der Waals surface area contributed by atoms with Crippen LogP contribution in [0.4, 0.5) is 19.0 Å². The molecule has 1 aromatic carbocycles. The first-order valence-electron chi connectivity index (χ1n) is 10.6. The van der Waals surface area contributed by atoms with Crippen LogP contribution in [0.3, 0.4) is 0 Å². The van der Waals surface area contributed by atoms with Gasteiger partial charge in [0, 0.05) is 36.5 Å². The van der Waals surface area contributed by atoms with Crippen LogP contribution >= 0.6 is 11.3 Å². The summed E-state index contributed by atoms with van der Waals surface area (Å²) in [6.45, 7) is 6.98. The summed E-state index contributed by atoms with van der Waals surface area (Å²) in [5.74, 6) is 0.781. The van der Waals surface area contributed by atoms with E-state index in [1.54, 1.807) is 6.07 Å². The number of nitrogens with zero attached hydrogens (tertiary/aromatic N) is 4. The third-order valence-electron chi connectivity index (χ3n) is 6.52. The Morgan fingerprint density at radius 2 is 1.84 bits per heavy atom. The number of aromatic nitrogens is 2. The molecule has 8 heteroatoms. The highest BCUT2D eigenvalue weighted by atomic mass is 32.1. The van der Waals surface area contributed by atoms with Gasteiger partial charge in [-0.1, -0.05) is 29.8 Å². The Hall–Kier alpha value is -2.19. The number of hydrogen-bond donors (Lipinski definition) is 0. The van der Waals surface area contributed by atoms with Crippen molar-refractivity contribution in [3.8, 4) is 0 Å². The fourth-order valence-electron chi connectivity index (χ4n) is 4.99. The van der Waals surface area contributed by atoms with Gasteiger partial charge in [0.15, 0.2) is 0 Å². The largest absolute Gasteiger partial charge is 0.393 e. The van der Waals surface area contributed by atoms with Gasteiger partial charge in [0.1, 0.15) is 17.0 Å². The van der Waals surface area contributed by atoms with E-state index in [1.807, 2.05) is 0 Å². The minimum Gasteiger partial charge on any atom is -0.355 e. The van der Waals surface area contributed by atoms with Gasteiger partial charge in [-0.25, -0.2) is 9.97 Å². The molecule has 5 rings (SSSR count). The van der Waals surface area contributed by atoms with E-state index in [4.69, 9.17) is 0 Å². The third kappa shape index (κ3) is 4.41. The standard InChI is InChI=1S/C23H25F3N4S/c1-16-2-4-17(5-3-16)12-29-8-6-22(13-29)7-9-30(14-22)20-19-10-18(11-23(24,25)26)31-21(19)28-15-27-20/h2-5,10,15H,6-9,11-14H2,1H3/t22-/m0/s1. The van der Waals surface area contributed by atoms with Crippen molar-refractivity contribution in [3.05, 3.63) is 52.7 Å². The molecular formula is C23H25F3N4S. The monoisotopic (exact) mass is 446 g/mol. The lowest BCUT2D eigenvalue weighted by Crippen LogP contribution is -2.31. The third-order valence-corrected chi connectivity index (χ3v) is 7.56. The Morgan fingerprint density at radius 1 is 1.06 bits per heavy atom. The molecule has 2 saturated heterocycles. The molecule has 0 radical (unpaired) electrons. The molecule has 2 aromatic heterocycles. The lowest BCUT2D eigenvalue weighted by Gasteiger charge is -2.25. The van der Waals surface area contributed by atoms with Crippen LogP contribution in [0.2, 0.25) is 0 Å². The second-order valence-corrected chi connectivity index (χ2v) is 10.2. The summed E-state index contributed by atoms with van der Waals surface area (Å²) in [6, 6.07) is 10.4. The Kier molecular flexibility index (Phi) is 5.17. The average Bonchev–Trinajstić information content (AvgIpc) is 3.41. The summed E-state index contributed by atoms with van der Waals surface area (Å²) in [7, 11) is 0. The van der Waals surface area contributed by atoms with Crippen LogP contribution in [0.5, 0.6) is 0 Å². The Balaban J connectivity index is 1.30. The molecule has 0 saturated carbocycles. The van der Waals surface area contributed by atoms with Crippen molar-refractivity contribution in [1.29, 1.82) is 0 Å². The van der Waals surface area contributed by atoms with E-state index >= 15 is 0 Å². The van der Waals surface area contributed by atoms with E-state index in [0.29, 0.717) is 9.71 Å². The molecule has 0 aliphatic carbocycles. The van der Waals surface area contributed by atoms with E-state index in [0.717, 1.165) is 68.1 Å². The summed E-state index contributed by atoms with van der Waals surface area (Å²) in [5, 5.41) is 0.748. The lowest BCUT2D eigenvalue weighted by atomic mass is 9.86. The topological polar surface area (TPSA) is 32.3 Å². The van der Waals surface area contributed by atoms with Crippen LogP contribution in [0, 0.1) is 12.3 Å². The Bertz CT molecular complexity index is 1080. The van der Waals surface area contributed by atoms with Crippen LogP contribution in [-0.4, -0.2) is 47.2 Å². The van der Waals surface area contributed by atoms with Crippen LogP contribution < -0.4 is 4.90 Å². The molecule has 0 unspecified atom stereocenters. The first kappa shape index (κ1) is 20.7. The van der Waals surface area contributed by atoms with E-state index in [1.165, 1.54) is 17.5 Å². The maximum Gasteiger partial charge on any atom is 0.393 e. The molecule has 0 N–H and O–H groups in total. The van der Waals surface area contributed by atoms with E-state index < -0.39 is 12.6 Å². The van der Waals surface area contributed by atoms with E-state index in [-0.39, 0.29) is 5.41 Å². The number of hydrogen-bond acceptors (Lipinski definition) is 5. The van der Waals surface area contributed by atoms with Crippen molar-refractivity contribution in [1.82, 2.24) is 14.9 Å². The molecule has 0 amide bonds. The summed E-state index contributed by atoms with van der Waals surface area (Å²) in [5.41, 5.74) is 2.84. The van der Waals surface area contributed by atoms with Crippen LogP contribution in [-0.2, 0) is 13.0 Å². The first-order valence-corrected chi connectivity index (χ1v) is 11.4. The highest BCUT2D eigenvalue weighted by Crippen LogP contribution is 2.43. The fraction of sp³-hybridized carbons (Fsp3) is 0.478. The molecule has 3 aromatic rings. The summed E-state index contributed by atoms with van der Waals surface area (Å²) < 4.78 is 38.5. The van der Waals surface area contributed by atoms with Crippen molar-refractivity contribution in [2.75, 3.05) is 31.1 Å². The quantitative estimate of drug-likeness (QED) is 0.551. The van der Waals surface area contributed by atoms with E-state index in [2.05, 4.69) is 51.0 Å². The Labute approximate surface area is 183 Å². The predicted octanol–water partition coefficient (Wildman–Crippen LogP) is 5.21. The van der Waals surface area contributed by atoms with Gasteiger partial charge < -0.3 is 4.90 Å². The maximum atomic E-state index is 12.8. The molecule has 31 heavy (non-hydrogen) atoms. The Morgan fingerprint density at radius 3 is 2.61 bits per heavy atom. The lowest BCUT2D eigenvalue weighted by molar-refractivity contribution is -0.126. The van der Waals surface area contributed by atoms with Gasteiger partial charge in [-0.15, -0.1) is 11.3 Å². The number of halogens is 3. The fourth-order valence-corrected chi connectivity index (χ4v) is 6.01. The number of benzene rings is 1. The van der Waals surface area contributed by atoms with Gasteiger partial charge in [0.25, 0.3) is 0 Å². The first-order chi connectivity index (χ1) is 14.8. The number of thiophene rings is 1. The average molecular weight is 447 g/mol. The predicted molar refractivity (Wildman–Crippen MR) is 118 cm³/mol. The van der Waals surface area contributed by atoms with Crippen LogP contribution in [0.1, 0.15) is 28.8 Å². The van der Waals surface area contributed by atoms with Gasteiger partial charge in [0.2, 0.25) is 0 Å². The van der Waals surface area contributed by atoms with Gasteiger partial charge >= 0.3 is 6.18 Å². The highest BCUT2D eigenvalue weighted by Gasteiger charge is 2.44. The molecule has 2 aliphatic rings. The van der Waals surface area contributed by atoms with Crippen LogP contribution in [0.25, 0.3) is 10.2 Å². The highest BCUT2D eigenvalue weighted by molar-refractivity contribution is 7.18. The molecule has 1 atom stereocenters. The number of aryl methyl sites for hydroxylation is 1. The van der Waals surface area contributed by atoms with Crippen molar-refractivity contribution < 1.29 is 13.2 Å². The number of alkyl halides is 3. The summed E-state index contributed by atoms with van der Waals surface area (Å²) in [4.78, 5) is 14.4. The van der Waals surface area contributed by atoms with Gasteiger partial charge in [-0.2, -0.15) is 13.2 Å². The van der Waals surface area contributed by atoms with Crippen molar-refractivity contribution in [2.24, 2.45) is 5.41 Å². The number of likely N-dealkylation sites (tertiary alicyclic amines) is 1. The molecule has 2 aliphatic heterocycles. The number of anilines is 1. The molecule has 0 bridgehead atoms. The van der Waals surface area contributed by atoms with E-state index in [9.17, 15) is 13.2 Å². The normalized spacial score (nSPS) is 22.3. The maximum absolute atomic E-state index is 12.8. The molecule has 1 spiro atoms. The van der Waals surface area contributed by atoms with Gasteiger partial charge in [0.05, 0.1) is 11.8 Å². The molecule has 164 valence electrons. The minimum absolute atomic E-state index is 0.229. The zero-order chi connectivity index (χ0) is 21.6. The molecule has 4 nitrogen and oxygen atoms in total. The van der Waals surface area contributed by atoms with Crippen molar-refractivity contribution >= 4 is 27.4 Å².